The van der Waals surface area contributed by atoms with Gasteiger partial charge in [0.15, 0.2) is 0 Å². The van der Waals surface area contributed by atoms with Crippen molar-refractivity contribution >= 4 is 11.7 Å². The average Bonchev–Trinajstić information content (AvgIpc) is 2.86. The Morgan fingerprint density at radius 3 is 2.62 bits per heavy atom. The van der Waals surface area contributed by atoms with Gasteiger partial charge in [-0.15, -0.1) is 0 Å². The molecule has 0 atom stereocenters. The molecule has 0 saturated carbocycles. The van der Waals surface area contributed by atoms with E-state index in [9.17, 15) is 4.79 Å². The lowest BCUT2D eigenvalue weighted by molar-refractivity contribution is 0.259. The Balaban J connectivity index is 2.21. The van der Waals surface area contributed by atoms with Gasteiger partial charge in [0.1, 0.15) is 0 Å². The van der Waals surface area contributed by atoms with Crippen molar-refractivity contribution < 1.29 is 4.79 Å². The number of rotatable bonds is 8. The van der Waals surface area contributed by atoms with E-state index in [0.717, 1.165) is 25.1 Å². The predicted molar refractivity (Wildman–Crippen MR) is 100 cm³/mol. The summed E-state index contributed by atoms with van der Waals surface area (Å²) in [5.74, 6) is 0.649. The second-order valence-corrected chi connectivity index (χ2v) is 6.79. The van der Waals surface area contributed by atoms with Gasteiger partial charge >= 0.3 is 6.03 Å². The van der Waals surface area contributed by atoms with Crippen molar-refractivity contribution in [2.24, 2.45) is 11.7 Å². The van der Waals surface area contributed by atoms with Crippen LogP contribution in [0.1, 0.15) is 50.6 Å². The summed E-state index contributed by atoms with van der Waals surface area (Å²) >= 11 is 0. The van der Waals surface area contributed by atoms with Crippen LogP contribution in [-0.2, 0) is 19.4 Å². The highest BCUT2D eigenvalue weighted by Gasteiger charge is 2.10. The van der Waals surface area contributed by atoms with E-state index in [1.165, 1.54) is 29.8 Å². The number of unbranched alkanes of at least 4 members (excludes halogenated alkanes) is 1. The minimum Gasteiger partial charge on any atom is -0.351 e. The van der Waals surface area contributed by atoms with Gasteiger partial charge in [0.25, 0.3) is 0 Å². The monoisotopic (exact) mass is 327 g/mol. The third kappa shape index (κ3) is 5.15. The molecule has 130 valence electrons. The van der Waals surface area contributed by atoms with E-state index < -0.39 is 6.03 Å². The molecule has 4 heteroatoms. The van der Waals surface area contributed by atoms with Crippen molar-refractivity contribution in [2.45, 2.75) is 53.0 Å². The predicted octanol–water partition coefficient (Wildman–Crippen LogP) is 4.57. The number of carbonyl (C=O) groups is 1. The highest BCUT2D eigenvalue weighted by Crippen LogP contribution is 2.20. The van der Waals surface area contributed by atoms with Crippen LogP contribution in [0.4, 0.5) is 10.5 Å². The number of anilines is 1. The van der Waals surface area contributed by atoms with Crippen molar-refractivity contribution in [3.63, 3.8) is 0 Å². The molecule has 2 rings (SSSR count). The quantitative estimate of drug-likeness (QED) is 0.733. The molecule has 0 spiro atoms. The van der Waals surface area contributed by atoms with Crippen LogP contribution in [0.5, 0.6) is 0 Å². The van der Waals surface area contributed by atoms with Crippen molar-refractivity contribution in [2.75, 3.05) is 5.32 Å². The first-order chi connectivity index (χ1) is 11.5. The summed E-state index contributed by atoms with van der Waals surface area (Å²) in [6, 6.07) is 11.9. The molecule has 3 N–H and O–H groups in total. The molecular weight excluding hydrogens is 298 g/mol. The minimum absolute atomic E-state index is 0.530. The van der Waals surface area contributed by atoms with E-state index >= 15 is 0 Å². The molecule has 1 aromatic heterocycles. The minimum atomic E-state index is -0.530. The summed E-state index contributed by atoms with van der Waals surface area (Å²) in [6.45, 7) is 7.82. The van der Waals surface area contributed by atoms with E-state index in [0.29, 0.717) is 5.92 Å². The highest BCUT2D eigenvalue weighted by molar-refractivity contribution is 5.87. The van der Waals surface area contributed by atoms with Crippen molar-refractivity contribution in [3.8, 4) is 0 Å². The molecule has 0 saturated heterocycles. The van der Waals surface area contributed by atoms with Crippen LogP contribution in [0.25, 0.3) is 0 Å². The largest absolute Gasteiger partial charge is 0.351 e. The van der Waals surface area contributed by atoms with E-state index in [1.54, 1.807) is 0 Å². The van der Waals surface area contributed by atoms with Gasteiger partial charge in [-0.3, -0.25) is 0 Å². The van der Waals surface area contributed by atoms with E-state index in [-0.39, 0.29) is 0 Å². The number of benzene rings is 1. The number of hydrogen-bond acceptors (Lipinski definition) is 1. The van der Waals surface area contributed by atoms with Gasteiger partial charge in [0.05, 0.1) is 0 Å². The number of hydrogen-bond donors (Lipinski definition) is 2. The van der Waals surface area contributed by atoms with Gasteiger partial charge in [0.2, 0.25) is 0 Å². The Hall–Kier alpha value is -2.23. The Morgan fingerprint density at radius 1 is 1.21 bits per heavy atom. The van der Waals surface area contributed by atoms with Gasteiger partial charge in [-0.25, -0.2) is 4.79 Å². The number of nitrogens with one attached hydrogen (secondary N) is 1. The van der Waals surface area contributed by atoms with Gasteiger partial charge < -0.3 is 15.6 Å². The number of nitrogens with zero attached hydrogens (tertiary/aromatic N) is 1. The lowest BCUT2D eigenvalue weighted by atomic mass is 10.1. The van der Waals surface area contributed by atoms with Gasteiger partial charge in [0, 0.05) is 30.0 Å². The highest BCUT2D eigenvalue weighted by atomic mass is 16.2. The number of primary amides is 1. The van der Waals surface area contributed by atoms with Crippen LogP contribution in [0, 0.1) is 5.92 Å². The molecule has 1 heterocycles. The fourth-order valence-corrected chi connectivity index (χ4v) is 3.02. The zero-order valence-corrected chi connectivity index (χ0v) is 15.0. The average molecular weight is 327 g/mol. The van der Waals surface area contributed by atoms with Crippen molar-refractivity contribution in [1.82, 2.24) is 4.57 Å². The van der Waals surface area contributed by atoms with Gasteiger partial charge in [-0.2, -0.15) is 0 Å². The van der Waals surface area contributed by atoms with Crippen LogP contribution >= 0.6 is 0 Å². The zero-order valence-electron chi connectivity index (χ0n) is 15.0. The van der Waals surface area contributed by atoms with Crippen LogP contribution < -0.4 is 11.1 Å². The molecule has 4 nitrogen and oxygen atoms in total. The number of carbonyl (C=O) groups excluding carboxylic acids is 1. The molecular formula is C20H29N3O. The normalized spacial score (nSPS) is 11.0. The molecule has 0 aliphatic rings. The topological polar surface area (TPSA) is 60.1 Å². The van der Waals surface area contributed by atoms with Gasteiger partial charge in [-0.05, 0) is 48.6 Å². The van der Waals surface area contributed by atoms with Crippen LogP contribution in [0.2, 0.25) is 0 Å². The molecule has 0 fully saturated rings. The first kappa shape index (κ1) is 18.1. The summed E-state index contributed by atoms with van der Waals surface area (Å²) in [4.78, 5) is 11.0. The lowest BCUT2D eigenvalue weighted by Gasteiger charge is -2.15. The molecule has 1 aromatic carbocycles. The third-order valence-electron chi connectivity index (χ3n) is 4.09. The Morgan fingerprint density at radius 2 is 1.96 bits per heavy atom. The molecule has 0 aliphatic heterocycles. The van der Waals surface area contributed by atoms with Crippen molar-refractivity contribution in [1.29, 1.82) is 0 Å². The molecule has 2 amide bonds. The number of urea groups is 1. The van der Waals surface area contributed by atoms with Crippen LogP contribution in [0.3, 0.4) is 0 Å². The Kier molecular flexibility index (Phi) is 6.47. The van der Waals surface area contributed by atoms with Crippen LogP contribution in [-0.4, -0.2) is 10.6 Å². The summed E-state index contributed by atoms with van der Waals surface area (Å²) in [5, 5.41) is 2.64. The summed E-state index contributed by atoms with van der Waals surface area (Å²) in [6.07, 6.45) is 4.34. The maximum absolute atomic E-state index is 11.0. The smallest absolute Gasteiger partial charge is 0.316 e. The van der Waals surface area contributed by atoms with Gasteiger partial charge in [-0.1, -0.05) is 39.3 Å². The van der Waals surface area contributed by atoms with E-state index in [4.69, 9.17) is 5.73 Å². The standard InChI is InChI=1S/C20H29N3O/c1-4-5-11-23-18(12-15(2)3)9-10-19(23)14-16-7-6-8-17(13-16)22-20(21)24/h6-10,13,15H,4-5,11-12,14H2,1-3H3,(H3,21,22,24). The molecule has 0 unspecified atom stereocenters. The zero-order chi connectivity index (χ0) is 17.5. The van der Waals surface area contributed by atoms with E-state index in [1.807, 2.05) is 18.2 Å². The SMILES string of the molecule is CCCCn1c(Cc2cccc(NC(N)=O)c2)ccc1CC(C)C. The first-order valence-corrected chi connectivity index (χ1v) is 8.82. The van der Waals surface area contributed by atoms with Crippen molar-refractivity contribution in [3.05, 3.63) is 53.3 Å². The summed E-state index contributed by atoms with van der Waals surface area (Å²) in [5.41, 5.74) is 9.87. The first-order valence-electron chi connectivity index (χ1n) is 8.82. The Bertz CT molecular complexity index is 673. The number of aromatic nitrogens is 1. The summed E-state index contributed by atoms with van der Waals surface area (Å²) in [7, 11) is 0. The maximum atomic E-state index is 11.0. The maximum Gasteiger partial charge on any atom is 0.316 e. The molecule has 0 radical (unpaired) electrons. The molecule has 0 aliphatic carbocycles. The molecule has 0 bridgehead atoms. The van der Waals surface area contributed by atoms with E-state index in [2.05, 4.69) is 48.9 Å². The number of nitrogens with two attached hydrogens (primary N) is 1. The number of amides is 2. The molecule has 2 aromatic rings. The fraction of sp³-hybridized carbons (Fsp3) is 0.450. The molecule has 24 heavy (non-hydrogen) atoms. The second-order valence-electron chi connectivity index (χ2n) is 6.79. The second kappa shape index (κ2) is 8.57. The Labute approximate surface area is 145 Å². The fourth-order valence-electron chi connectivity index (χ4n) is 3.02. The lowest BCUT2D eigenvalue weighted by Crippen LogP contribution is -2.19. The third-order valence-corrected chi connectivity index (χ3v) is 4.09. The summed E-state index contributed by atoms with van der Waals surface area (Å²) < 4.78 is 2.47. The van der Waals surface area contributed by atoms with Crippen LogP contribution in [0.15, 0.2) is 36.4 Å².